The zero-order chi connectivity index (χ0) is 12.6. The number of fused-ring (bicyclic) bond motifs is 1. The summed E-state index contributed by atoms with van der Waals surface area (Å²) in [4.78, 5) is 0. The summed E-state index contributed by atoms with van der Waals surface area (Å²) in [6.07, 6.45) is 2.29. The number of hydrogen-bond acceptors (Lipinski definition) is 4. The van der Waals surface area contributed by atoms with Crippen LogP contribution in [0, 0.1) is 5.92 Å². The summed E-state index contributed by atoms with van der Waals surface area (Å²) in [5.74, 6) is -0.208. The summed E-state index contributed by atoms with van der Waals surface area (Å²) in [6.45, 7) is 9.75. The minimum atomic E-state index is -0.554. The molecule has 0 saturated carbocycles. The summed E-state index contributed by atoms with van der Waals surface area (Å²) >= 11 is 0. The molecular weight excluding hydrogens is 220 g/mol. The molecular formula is C13H22O4. The van der Waals surface area contributed by atoms with Crippen molar-refractivity contribution in [3.63, 3.8) is 0 Å². The fourth-order valence-electron chi connectivity index (χ4n) is 2.64. The summed E-state index contributed by atoms with van der Waals surface area (Å²) in [5.41, 5.74) is 0. The Morgan fingerprint density at radius 1 is 1.35 bits per heavy atom. The zero-order valence-electron chi connectivity index (χ0n) is 11.0. The highest BCUT2D eigenvalue weighted by Crippen LogP contribution is 2.41. The van der Waals surface area contributed by atoms with Crippen LogP contribution in [-0.4, -0.2) is 37.5 Å². The number of allylic oxidation sites excluding steroid dienone is 1. The average molecular weight is 242 g/mol. The summed E-state index contributed by atoms with van der Waals surface area (Å²) < 4.78 is 22.9. The third-order valence-corrected chi connectivity index (χ3v) is 3.38. The van der Waals surface area contributed by atoms with Crippen molar-refractivity contribution >= 4 is 0 Å². The van der Waals surface area contributed by atoms with Crippen LogP contribution in [0.3, 0.4) is 0 Å². The minimum absolute atomic E-state index is 0.00437. The molecule has 2 aliphatic heterocycles. The van der Waals surface area contributed by atoms with Crippen LogP contribution in [0.15, 0.2) is 12.7 Å². The smallest absolute Gasteiger partial charge is 0.186 e. The van der Waals surface area contributed by atoms with Gasteiger partial charge >= 0.3 is 0 Å². The highest BCUT2D eigenvalue weighted by atomic mass is 16.8. The van der Waals surface area contributed by atoms with E-state index in [9.17, 15) is 0 Å². The molecule has 4 nitrogen and oxygen atoms in total. The van der Waals surface area contributed by atoms with E-state index in [2.05, 4.69) is 13.5 Å². The van der Waals surface area contributed by atoms with E-state index in [1.165, 1.54) is 0 Å². The highest BCUT2D eigenvalue weighted by Gasteiger charge is 2.56. The molecule has 0 aromatic carbocycles. The van der Waals surface area contributed by atoms with Gasteiger partial charge in [-0.25, -0.2) is 0 Å². The van der Waals surface area contributed by atoms with E-state index in [-0.39, 0.29) is 24.6 Å². The first-order valence-corrected chi connectivity index (χ1v) is 6.13. The highest BCUT2D eigenvalue weighted by molar-refractivity contribution is 4.97. The molecule has 5 atom stereocenters. The third-order valence-electron chi connectivity index (χ3n) is 3.38. The Labute approximate surface area is 103 Å². The number of methoxy groups -OCH3 is 1. The van der Waals surface area contributed by atoms with Crippen molar-refractivity contribution in [2.45, 2.75) is 57.6 Å². The van der Waals surface area contributed by atoms with Gasteiger partial charge in [0, 0.05) is 7.11 Å². The van der Waals surface area contributed by atoms with Gasteiger partial charge in [0.25, 0.3) is 0 Å². The van der Waals surface area contributed by atoms with Crippen LogP contribution in [0.4, 0.5) is 0 Å². The molecule has 0 spiro atoms. The number of ether oxygens (including phenoxy) is 4. The molecule has 0 aromatic rings. The van der Waals surface area contributed by atoms with Gasteiger partial charge in [-0.1, -0.05) is 13.0 Å². The fourth-order valence-corrected chi connectivity index (χ4v) is 2.64. The van der Waals surface area contributed by atoms with Crippen LogP contribution < -0.4 is 0 Å². The topological polar surface area (TPSA) is 36.9 Å². The predicted molar refractivity (Wildman–Crippen MR) is 63.5 cm³/mol. The molecule has 98 valence electrons. The SMILES string of the molecule is C=CC[C@H](C)C1OC(OC)C2OC(C)(C)OC21. The van der Waals surface area contributed by atoms with Crippen molar-refractivity contribution in [2.75, 3.05) is 7.11 Å². The second kappa shape index (κ2) is 4.69. The van der Waals surface area contributed by atoms with Crippen LogP contribution in [0.5, 0.6) is 0 Å². The van der Waals surface area contributed by atoms with E-state index in [0.717, 1.165) is 6.42 Å². The van der Waals surface area contributed by atoms with Gasteiger partial charge in [-0.2, -0.15) is 0 Å². The molecule has 2 rings (SSSR count). The summed E-state index contributed by atoms with van der Waals surface area (Å²) in [7, 11) is 1.64. The van der Waals surface area contributed by atoms with Crippen LogP contribution >= 0.6 is 0 Å². The van der Waals surface area contributed by atoms with Crippen molar-refractivity contribution in [3.8, 4) is 0 Å². The van der Waals surface area contributed by atoms with Crippen LogP contribution in [-0.2, 0) is 18.9 Å². The van der Waals surface area contributed by atoms with Crippen molar-refractivity contribution < 1.29 is 18.9 Å². The Balaban J connectivity index is 2.12. The van der Waals surface area contributed by atoms with Crippen LogP contribution in [0.1, 0.15) is 27.2 Å². The van der Waals surface area contributed by atoms with Gasteiger partial charge in [0.15, 0.2) is 12.1 Å². The van der Waals surface area contributed by atoms with E-state index in [1.54, 1.807) is 7.11 Å². The van der Waals surface area contributed by atoms with E-state index < -0.39 is 5.79 Å². The molecule has 2 fully saturated rings. The predicted octanol–water partition coefficient (Wildman–Crippen LogP) is 2.09. The second-order valence-electron chi connectivity index (χ2n) is 5.27. The van der Waals surface area contributed by atoms with Crippen molar-refractivity contribution in [2.24, 2.45) is 5.92 Å². The second-order valence-corrected chi connectivity index (χ2v) is 5.27. The molecule has 0 aliphatic carbocycles. The normalized spacial score (nSPS) is 41.2. The Bertz CT molecular complexity index is 289. The first-order valence-electron chi connectivity index (χ1n) is 6.13. The van der Waals surface area contributed by atoms with Gasteiger partial charge in [0.1, 0.15) is 12.2 Å². The Hall–Kier alpha value is -0.420. The minimum Gasteiger partial charge on any atom is -0.353 e. The molecule has 4 heteroatoms. The lowest BCUT2D eigenvalue weighted by molar-refractivity contribution is -0.231. The molecule has 2 aliphatic rings. The van der Waals surface area contributed by atoms with Gasteiger partial charge < -0.3 is 18.9 Å². The lowest BCUT2D eigenvalue weighted by atomic mass is 9.96. The molecule has 2 saturated heterocycles. The van der Waals surface area contributed by atoms with E-state index in [4.69, 9.17) is 18.9 Å². The lowest BCUT2D eigenvalue weighted by Gasteiger charge is -2.26. The molecule has 0 amide bonds. The van der Waals surface area contributed by atoms with E-state index in [1.807, 2.05) is 19.9 Å². The van der Waals surface area contributed by atoms with Gasteiger partial charge in [0.2, 0.25) is 0 Å². The third kappa shape index (κ3) is 2.40. The van der Waals surface area contributed by atoms with Gasteiger partial charge in [-0.05, 0) is 26.2 Å². The maximum atomic E-state index is 5.92. The quantitative estimate of drug-likeness (QED) is 0.707. The first kappa shape index (κ1) is 13.0. The van der Waals surface area contributed by atoms with Gasteiger partial charge in [0.05, 0.1) is 6.10 Å². The van der Waals surface area contributed by atoms with Crippen LogP contribution in [0.25, 0.3) is 0 Å². The van der Waals surface area contributed by atoms with Crippen molar-refractivity contribution in [1.82, 2.24) is 0 Å². The summed E-state index contributed by atoms with van der Waals surface area (Å²) in [5, 5.41) is 0. The molecule has 2 heterocycles. The average Bonchev–Trinajstić information content (AvgIpc) is 2.71. The van der Waals surface area contributed by atoms with Gasteiger partial charge in [-0.15, -0.1) is 6.58 Å². The molecule has 0 bridgehead atoms. The number of hydrogen-bond donors (Lipinski definition) is 0. The fraction of sp³-hybridized carbons (Fsp3) is 0.846. The Morgan fingerprint density at radius 2 is 2.00 bits per heavy atom. The standard InChI is InChI=1S/C13H22O4/c1-6-7-8(2)9-10-11(12(14-5)15-9)17-13(3,4)16-10/h6,8-12H,1,7H2,2-5H3/t8-,9?,10?,11?,12?/m0/s1. The zero-order valence-corrected chi connectivity index (χ0v) is 11.0. The maximum absolute atomic E-state index is 5.92. The molecule has 17 heavy (non-hydrogen) atoms. The largest absolute Gasteiger partial charge is 0.353 e. The monoisotopic (exact) mass is 242 g/mol. The number of rotatable bonds is 4. The molecule has 4 unspecified atom stereocenters. The maximum Gasteiger partial charge on any atom is 0.186 e. The summed E-state index contributed by atoms with van der Waals surface area (Å²) in [6, 6.07) is 0. The molecule has 0 aromatic heterocycles. The van der Waals surface area contributed by atoms with E-state index >= 15 is 0 Å². The Kier molecular flexibility index (Phi) is 3.59. The lowest BCUT2D eigenvalue weighted by Crippen LogP contribution is -2.34. The Morgan fingerprint density at radius 3 is 2.59 bits per heavy atom. The van der Waals surface area contributed by atoms with Gasteiger partial charge in [-0.3, -0.25) is 0 Å². The van der Waals surface area contributed by atoms with Crippen LogP contribution in [0.2, 0.25) is 0 Å². The molecule has 0 radical (unpaired) electrons. The van der Waals surface area contributed by atoms with E-state index in [0.29, 0.717) is 5.92 Å². The van der Waals surface area contributed by atoms with Crippen molar-refractivity contribution in [1.29, 1.82) is 0 Å². The van der Waals surface area contributed by atoms with Crippen molar-refractivity contribution in [3.05, 3.63) is 12.7 Å². The first-order chi connectivity index (χ1) is 7.98. The molecule has 0 N–H and O–H groups in total.